The highest BCUT2D eigenvalue weighted by molar-refractivity contribution is 5.42. The zero-order valence-corrected chi connectivity index (χ0v) is 11.9. The first-order valence-corrected chi connectivity index (χ1v) is 6.38. The lowest BCUT2D eigenvalue weighted by atomic mass is 9.77. The van der Waals surface area contributed by atoms with Crippen LogP contribution in [0, 0.1) is 0 Å². The third-order valence-electron chi connectivity index (χ3n) is 3.15. The Hall–Kier alpha value is -0.780. The fourth-order valence-corrected chi connectivity index (χ4v) is 2.38. The van der Waals surface area contributed by atoms with E-state index < -0.39 is 0 Å². The fourth-order valence-electron chi connectivity index (χ4n) is 2.38. The van der Waals surface area contributed by atoms with Crippen LogP contribution in [0.25, 0.3) is 0 Å². The maximum Gasteiger partial charge on any atom is -0.0129 e. The molecule has 1 rings (SSSR count). The van der Waals surface area contributed by atoms with Gasteiger partial charge in [-0.3, -0.25) is 0 Å². The van der Waals surface area contributed by atoms with Crippen LogP contribution in [0.1, 0.15) is 77.0 Å². The number of rotatable bonds is 2. The summed E-state index contributed by atoms with van der Waals surface area (Å²) in [5.74, 6) is 1.22. The van der Waals surface area contributed by atoms with Crippen LogP contribution < -0.4 is 0 Å². The van der Waals surface area contributed by atoms with E-state index in [9.17, 15) is 0 Å². The molecule has 1 aromatic rings. The van der Waals surface area contributed by atoms with Crippen LogP contribution in [0.2, 0.25) is 0 Å². The first-order valence-electron chi connectivity index (χ1n) is 6.38. The monoisotopic (exact) mass is 218 g/mol. The van der Waals surface area contributed by atoms with E-state index in [4.69, 9.17) is 0 Å². The first kappa shape index (κ1) is 13.3. The van der Waals surface area contributed by atoms with Crippen LogP contribution >= 0.6 is 0 Å². The zero-order chi connectivity index (χ0) is 12.5. The highest BCUT2D eigenvalue weighted by Gasteiger charge is 2.22. The van der Waals surface area contributed by atoms with Gasteiger partial charge >= 0.3 is 0 Å². The number of benzene rings is 1. The highest BCUT2D eigenvalue weighted by Crippen LogP contribution is 2.35. The molecule has 0 amide bonds. The predicted molar refractivity (Wildman–Crippen MR) is 73.3 cm³/mol. The molecule has 0 fully saturated rings. The largest absolute Gasteiger partial charge is 0.0617 e. The second kappa shape index (κ2) is 4.61. The molecule has 0 radical (unpaired) electrons. The lowest BCUT2D eigenvalue weighted by molar-refractivity contribution is 0.573. The SMILES string of the molecule is CC(C)c1cccc(C(C)(C)C)c1C(C)C. The molecule has 0 aliphatic carbocycles. The van der Waals surface area contributed by atoms with Crippen molar-refractivity contribution in [1.29, 1.82) is 0 Å². The molecule has 0 atom stereocenters. The molecule has 0 heteroatoms. The minimum atomic E-state index is 0.241. The topological polar surface area (TPSA) is 0 Å². The van der Waals surface area contributed by atoms with Crippen molar-refractivity contribution in [3.63, 3.8) is 0 Å². The van der Waals surface area contributed by atoms with E-state index in [2.05, 4.69) is 66.7 Å². The Kier molecular flexibility index (Phi) is 3.83. The van der Waals surface area contributed by atoms with Crippen LogP contribution in [-0.2, 0) is 5.41 Å². The third kappa shape index (κ3) is 2.66. The second-order valence-electron chi connectivity index (χ2n) is 6.37. The van der Waals surface area contributed by atoms with Crippen molar-refractivity contribution in [3.8, 4) is 0 Å². The summed E-state index contributed by atoms with van der Waals surface area (Å²) >= 11 is 0. The van der Waals surface area contributed by atoms with Gasteiger partial charge in [-0.05, 0) is 33.9 Å². The van der Waals surface area contributed by atoms with E-state index in [0.717, 1.165) is 0 Å². The third-order valence-corrected chi connectivity index (χ3v) is 3.15. The molecule has 90 valence electrons. The minimum absolute atomic E-state index is 0.241. The van der Waals surface area contributed by atoms with Gasteiger partial charge in [0.25, 0.3) is 0 Å². The number of hydrogen-bond donors (Lipinski definition) is 0. The maximum absolute atomic E-state index is 2.30. The quantitative estimate of drug-likeness (QED) is 0.637. The van der Waals surface area contributed by atoms with Gasteiger partial charge in [0.1, 0.15) is 0 Å². The lowest BCUT2D eigenvalue weighted by Gasteiger charge is -2.28. The van der Waals surface area contributed by atoms with E-state index in [-0.39, 0.29) is 5.41 Å². The molecular formula is C16H26. The van der Waals surface area contributed by atoms with Crippen LogP contribution in [0.3, 0.4) is 0 Å². The van der Waals surface area contributed by atoms with Crippen molar-refractivity contribution < 1.29 is 0 Å². The summed E-state index contributed by atoms with van der Waals surface area (Å²) in [6.45, 7) is 16.1. The summed E-state index contributed by atoms with van der Waals surface area (Å²) in [7, 11) is 0. The van der Waals surface area contributed by atoms with E-state index in [1.165, 1.54) is 11.1 Å². The Bertz CT molecular complexity index is 351. The van der Waals surface area contributed by atoms with Crippen molar-refractivity contribution in [2.45, 2.75) is 65.7 Å². The van der Waals surface area contributed by atoms with Gasteiger partial charge < -0.3 is 0 Å². The molecule has 16 heavy (non-hydrogen) atoms. The molecule has 0 aliphatic rings. The molecule has 0 spiro atoms. The van der Waals surface area contributed by atoms with Gasteiger partial charge in [0, 0.05) is 0 Å². The lowest BCUT2D eigenvalue weighted by Crippen LogP contribution is -2.16. The minimum Gasteiger partial charge on any atom is -0.0617 e. The zero-order valence-electron chi connectivity index (χ0n) is 11.9. The van der Waals surface area contributed by atoms with Gasteiger partial charge in [0.2, 0.25) is 0 Å². The highest BCUT2D eigenvalue weighted by atomic mass is 14.3. The van der Waals surface area contributed by atoms with E-state index in [1.54, 1.807) is 5.56 Å². The van der Waals surface area contributed by atoms with Crippen LogP contribution in [0.5, 0.6) is 0 Å². The van der Waals surface area contributed by atoms with Gasteiger partial charge in [0.15, 0.2) is 0 Å². The molecule has 0 saturated heterocycles. The van der Waals surface area contributed by atoms with Crippen LogP contribution in [0.15, 0.2) is 18.2 Å². The Morgan fingerprint density at radius 1 is 0.875 bits per heavy atom. The molecule has 0 N–H and O–H groups in total. The van der Waals surface area contributed by atoms with Gasteiger partial charge in [0.05, 0.1) is 0 Å². The molecule has 0 heterocycles. The molecule has 0 saturated carbocycles. The molecule has 0 unspecified atom stereocenters. The smallest absolute Gasteiger partial charge is 0.0129 e. The average Bonchev–Trinajstić information content (AvgIpc) is 2.14. The van der Waals surface area contributed by atoms with Crippen LogP contribution in [0.4, 0.5) is 0 Å². The standard InChI is InChI=1S/C16H26/c1-11(2)13-9-8-10-14(16(5,6)7)15(13)12(3)4/h8-12H,1-7H3. The first-order chi connectivity index (χ1) is 7.25. The van der Waals surface area contributed by atoms with Crippen molar-refractivity contribution in [1.82, 2.24) is 0 Å². The normalized spacial score (nSPS) is 12.6. The number of hydrogen-bond acceptors (Lipinski definition) is 0. The van der Waals surface area contributed by atoms with Gasteiger partial charge in [-0.15, -0.1) is 0 Å². The Labute approximate surface area is 101 Å². The van der Waals surface area contributed by atoms with Crippen LogP contribution in [-0.4, -0.2) is 0 Å². The van der Waals surface area contributed by atoms with E-state index >= 15 is 0 Å². The predicted octanol–water partition coefficient (Wildman–Crippen LogP) is 5.23. The molecule has 0 bridgehead atoms. The summed E-state index contributed by atoms with van der Waals surface area (Å²) in [5, 5.41) is 0. The summed E-state index contributed by atoms with van der Waals surface area (Å²) < 4.78 is 0. The Morgan fingerprint density at radius 2 is 1.44 bits per heavy atom. The fraction of sp³-hybridized carbons (Fsp3) is 0.625. The Balaban J connectivity index is 3.45. The van der Waals surface area contributed by atoms with Crippen molar-refractivity contribution in [2.24, 2.45) is 0 Å². The molecule has 0 nitrogen and oxygen atoms in total. The molecular weight excluding hydrogens is 192 g/mol. The van der Waals surface area contributed by atoms with Crippen molar-refractivity contribution in [2.75, 3.05) is 0 Å². The van der Waals surface area contributed by atoms with Crippen molar-refractivity contribution >= 4 is 0 Å². The molecule has 0 aliphatic heterocycles. The van der Waals surface area contributed by atoms with Gasteiger partial charge in [-0.1, -0.05) is 66.7 Å². The summed E-state index contributed by atoms with van der Waals surface area (Å²) in [4.78, 5) is 0. The van der Waals surface area contributed by atoms with E-state index in [1.807, 2.05) is 0 Å². The summed E-state index contributed by atoms with van der Waals surface area (Å²) in [6.07, 6.45) is 0. The van der Waals surface area contributed by atoms with Gasteiger partial charge in [-0.25, -0.2) is 0 Å². The molecule has 0 aromatic heterocycles. The average molecular weight is 218 g/mol. The van der Waals surface area contributed by atoms with Gasteiger partial charge in [-0.2, -0.15) is 0 Å². The summed E-state index contributed by atoms with van der Waals surface area (Å²) in [5.41, 5.74) is 4.82. The Morgan fingerprint density at radius 3 is 1.81 bits per heavy atom. The van der Waals surface area contributed by atoms with E-state index in [0.29, 0.717) is 11.8 Å². The molecule has 1 aromatic carbocycles. The summed E-state index contributed by atoms with van der Waals surface area (Å²) in [6, 6.07) is 6.79. The maximum atomic E-state index is 2.30. The van der Waals surface area contributed by atoms with Crippen molar-refractivity contribution in [3.05, 3.63) is 34.9 Å². The second-order valence-corrected chi connectivity index (χ2v) is 6.37.